The predicted molar refractivity (Wildman–Crippen MR) is 175 cm³/mol. The van der Waals surface area contributed by atoms with E-state index < -0.39 is 28.7 Å². The molecule has 3 rings (SSSR count). The molecule has 0 aromatic heterocycles. The van der Waals surface area contributed by atoms with Crippen LogP contribution in [0.15, 0.2) is 66.7 Å². The topological polar surface area (TPSA) is 90.0 Å². The van der Waals surface area contributed by atoms with Crippen LogP contribution in [0.25, 0.3) is 0 Å². The van der Waals surface area contributed by atoms with Gasteiger partial charge in [-0.2, -0.15) is 12.7 Å². The maximum Gasteiger partial charge on any atom is 0.304 e. The van der Waals surface area contributed by atoms with Crippen molar-refractivity contribution >= 4 is 50.9 Å². The average Bonchev–Trinajstić information content (AvgIpc) is 2.95. The maximum atomic E-state index is 14.4. The van der Waals surface area contributed by atoms with Crippen molar-refractivity contribution in [3.63, 3.8) is 0 Å². The van der Waals surface area contributed by atoms with E-state index >= 15 is 0 Å². The standard InChI is InChI=1S/C32H40Cl2N4O4S/c1-22(2)19-35-32(40)30(18-25-11-8-7-9-12-25)37(20-26-27(33)13-10-14-28(26)34)31(39)21-38(43(41,42)36(5)6)29-17-23(3)15-16-24(29)4/h7-17,22,30H,18-21H2,1-6H3,(H,35,40)/t30-/m0/s1. The van der Waals surface area contributed by atoms with Gasteiger partial charge < -0.3 is 10.2 Å². The zero-order valence-corrected chi connectivity index (χ0v) is 27.8. The van der Waals surface area contributed by atoms with E-state index in [0.29, 0.717) is 33.4 Å². The number of aryl methyl sites for hydroxylation is 2. The second-order valence-electron chi connectivity index (χ2n) is 11.2. The van der Waals surface area contributed by atoms with Crippen LogP contribution in [0.2, 0.25) is 10.0 Å². The molecule has 0 saturated carbocycles. The number of halogens is 2. The molecule has 0 bridgehead atoms. The highest BCUT2D eigenvalue weighted by Crippen LogP contribution is 2.29. The van der Waals surface area contributed by atoms with Crippen molar-refractivity contribution in [2.24, 2.45) is 5.92 Å². The van der Waals surface area contributed by atoms with Gasteiger partial charge in [0.2, 0.25) is 11.8 Å². The van der Waals surface area contributed by atoms with E-state index in [0.717, 1.165) is 19.7 Å². The number of benzene rings is 3. The van der Waals surface area contributed by atoms with Crippen molar-refractivity contribution in [2.75, 3.05) is 31.5 Å². The minimum absolute atomic E-state index is 0.105. The smallest absolute Gasteiger partial charge is 0.304 e. The molecular weight excluding hydrogens is 607 g/mol. The van der Waals surface area contributed by atoms with Gasteiger partial charge in [0.15, 0.2) is 0 Å². The lowest BCUT2D eigenvalue weighted by molar-refractivity contribution is -0.140. The zero-order valence-electron chi connectivity index (χ0n) is 25.5. The van der Waals surface area contributed by atoms with E-state index in [1.54, 1.807) is 31.2 Å². The van der Waals surface area contributed by atoms with Gasteiger partial charge in [0.05, 0.1) is 5.69 Å². The number of carbonyl (C=O) groups excluding carboxylic acids is 2. The van der Waals surface area contributed by atoms with Crippen LogP contribution in [0.1, 0.15) is 36.1 Å². The molecule has 0 spiro atoms. The molecule has 0 unspecified atom stereocenters. The summed E-state index contributed by atoms with van der Waals surface area (Å²) in [6.45, 7) is 7.35. The molecule has 0 heterocycles. The largest absolute Gasteiger partial charge is 0.354 e. The summed E-state index contributed by atoms with van der Waals surface area (Å²) in [6, 6.07) is 18.8. The molecule has 43 heavy (non-hydrogen) atoms. The first-order chi connectivity index (χ1) is 20.2. The van der Waals surface area contributed by atoms with Gasteiger partial charge in [-0.1, -0.05) is 85.6 Å². The molecule has 3 aromatic rings. The Morgan fingerprint density at radius 2 is 1.53 bits per heavy atom. The Kier molecular flexibility index (Phi) is 12.0. The minimum atomic E-state index is -4.11. The van der Waals surface area contributed by atoms with E-state index in [9.17, 15) is 18.0 Å². The number of anilines is 1. The number of hydrogen-bond donors (Lipinski definition) is 1. The highest BCUT2D eigenvalue weighted by atomic mass is 35.5. The van der Waals surface area contributed by atoms with Gasteiger partial charge >= 0.3 is 10.2 Å². The molecule has 0 saturated heterocycles. The SMILES string of the molecule is Cc1ccc(C)c(N(CC(=O)N(Cc2c(Cl)cccc2Cl)[C@@H](Cc2ccccc2)C(=O)NCC(C)C)S(=O)(=O)N(C)C)c1. The summed E-state index contributed by atoms with van der Waals surface area (Å²) in [6.07, 6.45) is 0.197. The van der Waals surface area contributed by atoms with Crippen LogP contribution in [-0.4, -0.2) is 62.7 Å². The van der Waals surface area contributed by atoms with E-state index in [2.05, 4.69) is 5.32 Å². The lowest BCUT2D eigenvalue weighted by Gasteiger charge is -2.35. The lowest BCUT2D eigenvalue weighted by atomic mass is 10.0. The number of nitrogens with zero attached hydrogens (tertiary/aromatic N) is 3. The van der Waals surface area contributed by atoms with Crippen molar-refractivity contribution in [2.45, 2.75) is 46.7 Å². The molecular formula is C32H40Cl2N4O4S. The Hall–Kier alpha value is -3.11. The van der Waals surface area contributed by atoms with Gasteiger partial charge in [-0.05, 0) is 54.7 Å². The van der Waals surface area contributed by atoms with E-state index in [1.807, 2.05) is 63.2 Å². The van der Waals surface area contributed by atoms with Gasteiger partial charge in [0.1, 0.15) is 12.6 Å². The second-order valence-corrected chi connectivity index (χ2v) is 14.0. The Morgan fingerprint density at radius 1 is 0.907 bits per heavy atom. The van der Waals surface area contributed by atoms with Crippen LogP contribution >= 0.6 is 23.2 Å². The van der Waals surface area contributed by atoms with Gasteiger partial charge in [-0.3, -0.25) is 9.59 Å². The second kappa shape index (κ2) is 15.1. The summed E-state index contributed by atoms with van der Waals surface area (Å²) >= 11 is 13.1. The summed E-state index contributed by atoms with van der Waals surface area (Å²) < 4.78 is 29.5. The monoisotopic (exact) mass is 646 g/mol. The first-order valence-electron chi connectivity index (χ1n) is 14.0. The van der Waals surface area contributed by atoms with Crippen LogP contribution < -0.4 is 9.62 Å². The molecule has 8 nitrogen and oxygen atoms in total. The molecule has 11 heteroatoms. The summed E-state index contributed by atoms with van der Waals surface area (Å²) in [5, 5.41) is 3.63. The minimum Gasteiger partial charge on any atom is -0.354 e. The fourth-order valence-electron chi connectivity index (χ4n) is 4.52. The van der Waals surface area contributed by atoms with Gasteiger partial charge in [0, 0.05) is 49.2 Å². The Bertz CT molecular complexity index is 1510. The van der Waals surface area contributed by atoms with Gasteiger partial charge in [-0.25, -0.2) is 4.31 Å². The number of amides is 2. The van der Waals surface area contributed by atoms with E-state index in [4.69, 9.17) is 23.2 Å². The fourth-order valence-corrected chi connectivity index (χ4v) is 6.15. The molecule has 2 amide bonds. The van der Waals surface area contributed by atoms with Crippen LogP contribution in [0.3, 0.4) is 0 Å². The summed E-state index contributed by atoms with van der Waals surface area (Å²) in [5.41, 5.74) is 3.19. The zero-order chi connectivity index (χ0) is 31.9. The first-order valence-corrected chi connectivity index (χ1v) is 16.2. The van der Waals surface area contributed by atoms with E-state index in [-0.39, 0.29) is 24.8 Å². The Morgan fingerprint density at radius 3 is 2.12 bits per heavy atom. The van der Waals surface area contributed by atoms with Crippen LogP contribution in [0, 0.1) is 19.8 Å². The highest BCUT2D eigenvalue weighted by molar-refractivity contribution is 7.90. The summed E-state index contributed by atoms with van der Waals surface area (Å²) in [5.74, 6) is -0.765. The number of carbonyl (C=O) groups is 2. The van der Waals surface area contributed by atoms with Gasteiger partial charge in [-0.15, -0.1) is 0 Å². The molecule has 0 fully saturated rings. The molecule has 0 aliphatic rings. The Balaban J connectivity index is 2.17. The molecule has 3 aromatic carbocycles. The third-order valence-corrected chi connectivity index (χ3v) is 9.51. The van der Waals surface area contributed by atoms with Crippen molar-refractivity contribution in [1.29, 1.82) is 0 Å². The van der Waals surface area contributed by atoms with Crippen molar-refractivity contribution in [3.8, 4) is 0 Å². The van der Waals surface area contributed by atoms with Crippen molar-refractivity contribution in [3.05, 3.63) is 99.0 Å². The number of rotatable bonds is 13. The number of hydrogen-bond acceptors (Lipinski definition) is 4. The van der Waals surface area contributed by atoms with Gasteiger partial charge in [0.25, 0.3) is 0 Å². The van der Waals surface area contributed by atoms with Crippen molar-refractivity contribution in [1.82, 2.24) is 14.5 Å². The van der Waals surface area contributed by atoms with E-state index in [1.165, 1.54) is 19.0 Å². The quantitative estimate of drug-likeness (QED) is 0.260. The lowest BCUT2D eigenvalue weighted by Crippen LogP contribution is -2.54. The molecule has 1 atom stereocenters. The molecule has 0 aliphatic carbocycles. The predicted octanol–water partition coefficient (Wildman–Crippen LogP) is 5.64. The third-order valence-electron chi connectivity index (χ3n) is 7.00. The maximum absolute atomic E-state index is 14.4. The number of nitrogens with one attached hydrogen (secondary N) is 1. The van der Waals surface area contributed by atoms with Crippen molar-refractivity contribution < 1.29 is 18.0 Å². The van der Waals surface area contributed by atoms with Crippen LogP contribution in [0.4, 0.5) is 5.69 Å². The third kappa shape index (κ3) is 8.95. The summed E-state index contributed by atoms with van der Waals surface area (Å²) in [7, 11) is -1.28. The molecule has 1 N–H and O–H groups in total. The normalized spacial score (nSPS) is 12.3. The summed E-state index contributed by atoms with van der Waals surface area (Å²) in [4.78, 5) is 29.6. The molecule has 0 radical (unpaired) electrons. The van der Waals surface area contributed by atoms with Crippen LogP contribution in [0.5, 0.6) is 0 Å². The molecule has 0 aliphatic heterocycles. The Labute approximate surface area is 265 Å². The first kappa shape index (κ1) is 34.4. The highest BCUT2D eigenvalue weighted by Gasteiger charge is 2.35. The average molecular weight is 648 g/mol. The fraction of sp³-hybridized carbons (Fsp3) is 0.375. The molecule has 232 valence electrons. The van der Waals surface area contributed by atoms with Crippen LogP contribution in [-0.2, 0) is 32.8 Å².